The molecule has 0 aliphatic carbocycles. The van der Waals surface area contributed by atoms with Crippen molar-refractivity contribution in [1.29, 1.82) is 0 Å². The van der Waals surface area contributed by atoms with Crippen LogP contribution in [0.15, 0.2) is 35.4 Å². The molecule has 0 amide bonds. The van der Waals surface area contributed by atoms with Gasteiger partial charge in [-0.1, -0.05) is 12.1 Å². The maximum Gasteiger partial charge on any atom is 0.246 e. The Morgan fingerprint density at radius 2 is 1.91 bits per heavy atom. The SMILES string of the molecule is COc1ccccc1S(=O)(=O)N1CCN(c2cnsn2)CC1. The van der Waals surface area contributed by atoms with E-state index in [2.05, 4.69) is 8.75 Å². The second-order valence-electron chi connectivity index (χ2n) is 4.81. The molecule has 1 aromatic heterocycles. The van der Waals surface area contributed by atoms with Gasteiger partial charge in [0.2, 0.25) is 10.0 Å². The molecule has 0 bridgehead atoms. The number of rotatable bonds is 4. The minimum absolute atomic E-state index is 0.210. The van der Waals surface area contributed by atoms with Crippen molar-refractivity contribution in [2.75, 3.05) is 38.2 Å². The van der Waals surface area contributed by atoms with Crippen LogP contribution in [-0.2, 0) is 10.0 Å². The van der Waals surface area contributed by atoms with Crippen LogP contribution in [0, 0.1) is 0 Å². The molecule has 2 aromatic rings. The number of sulfonamides is 1. The predicted octanol–water partition coefficient (Wildman–Crippen LogP) is 1.06. The van der Waals surface area contributed by atoms with E-state index in [9.17, 15) is 8.42 Å². The molecule has 1 aliphatic heterocycles. The van der Waals surface area contributed by atoms with Gasteiger partial charge < -0.3 is 9.64 Å². The van der Waals surface area contributed by atoms with E-state index in [0.29, 0.717) is 31.9 Å². The summed E-state index contributed by atoms with van der Waals surface area (Å²) in [5.74, 6) is 1.17. The fourth-order valence-corrected chi connectivity index (χ4v) is 4.44. The zero-order chi connectivity index (χ0) is 15.6. The first-order valence-corrected chi connectivity index (χ1v) is 8.95. The third-order valence-electron chi connectivity index (χ3n) is 3.60. The number of piperazine rings is 1. The summed E-state index contributed by atoms with van der Waals surface area (Å²) in [5.41, 5.74) is 0. The number of nitrogens with zero attached hydrogens (tertiary/aromatic N) is 4. The van der Waals surface area contributed by atoms with Gasteiger partial charge in [0.1, 0.15) is 10.6 Å². The van der Waals surface area contributed by atoms with Crippen molar-refractivity contribution in [2.45, 2.75) is 4.90 Å². The van der Waals surface area contributed by atoms with Crippen molar-refractivity contribution in [3.8, 4) is 5.75 Å². The molecule has 1 aromatic carbocycles. The van der Waals surface area contributed by atoms with Crippen molar-refractivity contribution in [3.05, 3.63) is 30.5 Å². The second kappa shape index (κ2) is 6.19. The van der Waals surface area contributed by atoms with Crippen LogP contribution in [0.3, 0.4) is 0 Å². The van der Waals surface area contributed by atoms with E-state index in [4.69, 9.17) is 4.74 Å². The lowest BCUT2D eigenvalue weighted by atomic mass is 10.3. The quantitative estimate of drug-likeness (QED) is 0.828. The summed E-state index contributed by atoms with van der Waals surface area (Å²) in [6, 6.07) is 6.69. The van der Waals surface area contributed by atoms with E-state index in [1.165, 1.54) is 11.4 Å². The maximum atomic E-state index is 12.8. The molecule has 1 fully saturated rings. The molecule has 1 aliphatic rings. The Kier molecular flexibility index (Phi) is 4.27. The van der Waals surface area contributed by atoms with Gasteiger partial charge in [-0.2, -0.15) is 13.1 Å². The molecule has 0 spiro atoms. The van der Waals surface area contributed by atoms with Crippen molar-refractivity contribution < 1.29 is 13.2 Å². The Morgan fingerprint density at radius 3 is 2.55 bits per heavy atom. The van der Waals surface area contributed by atoms with E-state index in [0.717, 1.165) is 17.5 Å². The number of methoxy groups -OCH3 is 1. The van der Waals surface area contributed by atoms with Crippen LogP contribution in [-0.4, -0.2) is 54.8 Å². The largest absolute Gasteiger partial charge is 0.495 e. The van der Waals surface area contributed by atoms with Gasteiger partial charge in [-0.3, -0.25) is 0 Å². The molecule has 0 atom stereocenters. The number of anilines is 1. The molecule has 0 saturated carbocycles. The Morgan fingerprint density at radius 1 is 1.18 bits per heavy atom. The monoisotopic (exact) mass is 340 g/mol. The highest BCUT2D eigenvalue weighted by Gasteiger charge is 2.31. The minimum atomic E-state index is -3.55. The summed E-state index contributed by atoms with van der Waals surface area (Å²) in [6.45, 7) is 2.02. The summed E-state index contributed by atoms with van der Waals surface area (Å²) >= 11 is 1.15. The maximum absolute atomic E-state index is 12.8. The second-order valence-corrected chi connectivity index (χ2v) is 7.27. The first-order valence-electron chi connectivity index (χ1n) is 6.78. The van der Waals surface area contributed by atoms with Crippen LogP contribution in [0.1, 0.15) is 0 Å². The molecule has 3 rings (SSSR count). The molecule has 9 heteroatoms. The van der Waals surface area contributed by atoms with Gasteiger partial charge in [0.15, 0.2) is 5.82 Å². The number of aromatic nitrogens is 2. The fraction of sp³-hybridized carbons (Fsp3) is 0.385. The van der Waals surface area contributed by atoms with Gasteiger partial charge >= 0.3 is 0 Å². The lowest BCUT2D eigenvalue weighted by Gasteiger charge is -2.34. The van der Waals surface area contributed by atoms with Crippen LogP contribution in [0.4, 0.5) is 5.82 Å². The van der Waals surface area contributed by atoms with Crippen LogP contribution < -0.4 is 9.64 Å². The molecule has 1 saturated heterocycles. The molecule has 2 heterocycles. The van der Waals surface area contributed by atoms with Crippen LogP contribution >= 0.6 is 11.7 Å². The number of hydrogen-bond acceptors (Lipinski definition) is 7. The molecule has 0 unspecified atom stereocenters. The lowest BCUT2D eigenvalue weighted by molar-refractivity contribution is 0.374. The first-order chi connectivity index (χ1) is 10.6. The predicted molar refractivity (Wildman–Crippen MR) is 83.9 cm³/mol. The Hall–Kier alpha value is -1.71. The highest BCUT2D eigenvalue weighted by molar-refractivity contribution is 7.89. The number of para-hydroxylation sites is 1. The summed E-state index contributed by atoms with van der Waals surface area (Å²) in [6.07, 6.45) is 1.70. The molecular weight excluding hydrogens is 324 g/mol. The topological polar surface area (TPSA) is 75.6 Å². The highest BCUT2D eigenvalue weighted by Crippen LogP contribution is 2.27. The van der Waals surface area contributed by atoms with Gasteiger partial charge in [0.25, 0.3) is 0 Å². The zero-order valence-corrected chi connectivity index (χ0v) is 13.7. The number of hydrogen-bond donors (Lipinski definition) is 0. The van der Waals surface area contributed by atoms with E-state index in [1.54, 1.807) is 30.5 Å². The van der Waals surface area contributed by atoms with E-state index in [1.807, 2.05) is 4.90 Å². The summed E-state index contributed by atoms with van der Waals surface area (Å²) < 4.78 is 40.3. The summed E-state index contributed by atoms with van der Waals surface area (Å²) in [7, 11) is -2.08. The Bertz CT molecular complexity index is 726. The highest BCUT2D eigenvalue weighted by atomic mass is 32.2. The lowest BCUT2D eigenvalue weighted by Crippen LogP contribution is -2.48. The zero-order valence-electron chi connectivity index (χ0n) is 12.0. The molecule has 0 radical (unpaired) electrons. The molecule has 22 heavy (non-hydrogen) atoms. The third-order valence-corrected chi connectivity index (χ3v) is 6.01. The van der Waals surface area contributed by atoms with Crippen LogP contribution in [0.25, 0.3) is 0 Å². The van der Waals surface area contributed by atoms with E-state index < -0.39 is 10.0 Å². The number of ether oxygens (including phenoxy) is 1. The minimum Gasteiger partial charge on any atom is -0.495 e. The third kappa shape index (κ3) is 2.79. The smallest absolute Gasteiger partial charge is 0.246 e. The van der Waals surface area contributed by atoms with Crippen molar-refractivity contribution in [3.63, 3.8) is 0 Å². The average molecular weight is 340 g/mol. The van der Waals surface area contributed by atoms with Gasteiger partial charge in [0, 0.05) is 26.2 Å². The van der Waals surface area contributed by atoms with Crippen LogP contribution in [0.5, 0.6) is 5.75 Å². The normalized spacial score (nSPS) is 16.7. The summed E-state index contributed by atoms with van der Waals surface area (Å²) in [5, 5.41) is 0. The fourth-order valence-electron chi connectivity index (χ4n) is 2.43. The van der Waals surface area contributed by atoms with E-state index in [-0.39, 0.29) is 4.90 Å². The van der Waals surface area contributed by atoms with Crippen molar-refractivity contribution in [2.24, 2.45) is 0 Å². The van der Waals surface area contributed by atoms with Crippen molar-refractivity contribution in [1.82, 2.24) is 13.1 Å². The van der Waals surface area contributed by atoms with E-state index >= 15 is 0 Å². The first kappa shape index (κ1) is 15.2. The number of benzene rings is 1. The van der Waals surface area contributed by atoms with Crippen molar-refractivity contribution >= 4 is 27.6 Å². The van der Waals surface area contributed by atoms with Gasteiger partial charge in [-0.15, -0.1) is 0 Å². The molecule has 7 nitrogen and oxygen atoms in total. The molecular formula is C13H16N4O3S2. The molecule has 0 N–H and O–H groups in total. The van der Waals surface area contributed by atoms with Gasteiger partial charge in [-0.25, -0.2) is 8.42 Å². The van der Waals surface area contributed by atoms with Gasteiger partial charge in [-0.05, 0) is 12.1 Å². The van der Waals surface area contributed by atoms with Gasteiger partial charge in [0.05, 0.1) is 25.0 Å². The standard InChI is InChI=1S/C13H16N4O3S2/c1-20-11-4-2-3-5-12(11)22(18,19)17-8-6-16(7-9-17)13-10-14-21-15-13/h2-5,10H,6-9H2,1H3. The molecule has 118 valence electrons. The average Bonchev–Trinajstić information content (AvgIpc) is 3.09. The summed E-state index contributed by atoms with van der Waals surface area (Å²) in [4.78, 5) is 2.25. The van der Waals surface area contributed by atoms with Crippen LogP contribution in [0.2, 0.25) is 0 Å². The Balaban J connectivity index is 1.77. The Labute approximate surface area is 133 Å².